The predicted molar refractivity (Wildman–Crippen MR) is 53.2 cm³/mol. The van der Waals surface area contributed by atoms with Gasteiger partial charge in [0, 0.05) is 6.04 Å². The summed E-state index contributed by atoms with van der Waals surface area (Å²) in [6.45, 7) is 0.736. The molecule has 13 heavy (non-hydrogen) atoms. The third-order valence-electron chi connectivity index (χ3n) is 2.51. The SMILES string of the molecule is Cl.NC[C@H]1CC[C@@H](NC(=O)O)CC1. The highest BCUT2D eigenvalue weighted by atomic mass is 35.5. The molecule has 0 bridgehead atoms. The van der Waals surface area contributed by atoms with E-state index in [0.717, 1.165) is 32.2 Å². The van der Waals surface area contributed by atoms with Gasteiger partial charge in [-0.15, -0.1) is 12.4 Å². The maximum absolute atomic E-state index is 10.3. The predicted octanol–water partition coefficient (Wildman–Crippen LogP) is 1.19. The van der Waals surface area contributed by atoms with Gasteiger partial charge in [0.15, 0.2) is 0 Å². The maximum atomic E-state index is 10.3. The number of hydrogen-bond donors (Lipinski definition) is 3. The van der Waals surface area contributed by atoms with E-state index in [-0.39, 0.29) is 18.4 Å². The van der Waals surface area contributed by atoms with E-state index in [9.17, 15) is 4.79 Å². The van der Waals surface area contributed by atoms with Crippen LogP contribution >= 0.6 is 12.4 Å². The van der Waals surface area contributed by atoms with Crippen molar-refractivity contribution < 1.29 is 9.90 Å². The summed E-state index contributed by atoms with van der Waals surface area (Å²) in [6, 6.07) is 0.158. The van der Waals surface area contributed by atoms with Crippen LogP contribution in [0.1, 0.15) is 25.7 Å². The van der Waals surface area contributed by atoms with Crippen molar-refractivity contribution in [2.24, 2.45) is 11.7 Å². The Morgan fingerprint density at radius 1 is 1.38 bits per heavy atom. The molecule has 1 rings (SSSR count). The quantitative estimate of drug-likeness (QED) is 0.638. The van der Waals surface area contributed by atoms with Gasteiger partial charge in [-0.2, -0.15) is 0 Å². The fourth-order valence-electron chi connectivity index (χ4n) is 1.72. The molecule has 1 aliphatic carbocycles. The molecular weight excluding hydrogens is 192 g/mol. The van der Waals surface area contributed by atoms with Gasteiger partial charge in [0.25, 0.3) is 0 Å². The van der Waals surface area contributed by atoms with Crippen LogP contribution in [0.2, 0.25) is 0 Å². The van der Waals surface area contributed by atoms with Crippen LogP contribution in [-0.2, 0) is 0 Å². The average molecular weight is 209 g/mol. The van der Waals surface area contributed by atoms with Gasteiger partial charge >= 0.3 is 6.09 Å². The second-order valence-corrected chi connectivity index (χ2v) is 3.40. The van der Waals surface area contributed by atoms with Crippen LogP contribution in [0.3, 0.4) is 0 Å². The van der Waals surface area contributed by atoms with Gasteiger partial charge in [-0.25, -0.2) is 4.79 Å². The lowest BCUT2D eigenvalue weighted by Gasteiger charge is -2.27. The Kier molecular flexibility index (Phi) is 5.82. The fraction of sp³-hybridized carbons (Fsp3) is 0.875. The van der Waals surface area contributed by atoms with Crippen molar-refractivity contribution in [3.05, 3.63) is 0 Å². The summed E-state index contributed by atoms with van der Waals surface area (Å²) < 4.78 is 0. The Morgan fingerprint density at radius 2 is 1.92 bits per heavy atom. The number of rotatable bonds is 2. The molecule has 0 aromatic carbocycles. The molecule has 1 aliphatic rings. The normalized spacial score (nSPS) is 27.5. The number of hydrogen-bond acceptors (Lipinski definition) is 2. The lowest BCUT2D eigenvalue weighted by molar-refractivity contribution is 0.182. The number of amides is 1. The first-order valence-electron chi connectivity index (χ1n) is 4.42. The van der Waals surface area contributed by atoms with Crippen molar-refractivity contribution in [1.29, 1.82) is 0 Å². The number of carboxylic acid groups (broad SMARTS) is 1. The van der Waals surface area contributed by atoms with Crippen molar-refractivity contribution in [1.82, 2.24) is 5.32 Å². The molecule has 78 valence electrons. The standard InChI is InChI=1S/C8H16N2O2.ClH/c9-5-6-1-3-7(4-2-6)10-8(11)12;/h6-7,10H,1-5,9H2,(H,11,12);1H/t6-,7+;. The van der Waals surface area contributed by atoms with E-state index in [4.69, 9.17) is 10.8 Å². The Bertz CT molecular complexity index is 158. The molecule has 0 aliphatic heterocycles. The molecule has 0 radical (unpaired) electrons. The van der Waals surface area contributed by atoms with Gasteiger partial charge < -0.3 is 16.2 Å². The molecule has 0 unspecified atom stereocenters. The molecule has 0 aromatic rings. The van der Waals surface area contributed by atoms with Gasteiger partial charge in [-0.1, -0.05) is 0 Å². The van der Waals surface area contributed by atoms with Crippen LogP contribution in [0.5, 0.6) is 0 Å². The highest BCUT2D eigenvalue weighted by Crippen LogP contribution is 2.22. The van der Waals surface area contributed by atoms with E-state index in [0.29, 0.717) is 5.92 Å². The summed E-state index contributed by atoms with van der Waals surface area (Å²) in [4.78, 5) is 10.3. The average Bonchev–Trinajstić information content (AvgIpc) is 2.05. The van der Waals surface area contributed by atoms with Crippen LogP contribution in [0, 0.1) is 5.92 Å². The van der Waals surface area contributed by atoms with Gasteiger partial charge in [-0.05, 0) is 38.1 Å². The molecule has 5 heteroatoms. The molecule has 4 nitrogen and oxygen atoms in total. The molecule has 1 amide bonds. The van der Waals surface area contributed by atoms with Gasteiger partial charge in [0.2, 0.25) is 0 Å². The van der Waals surface area contributed by atoms with Crippen LogP contribution in [0.25, 0.3) is 0 Å². The minimum Gasteiger partial charge on any atom is -0.465 e. The zero-order valence-electron chi connectivity index (χ0n) is 7.53. The summed E-state index contributed by atoms with van der Waals surface area (Å²) in [5.41, 5.74) is 5.51. The van der Waals surface area contributed by atoms with Crippen LogP contribution in [-0.4, -0.2) is 23.8 Å². The third kappa shape index (κ3) is 4.33. The Morgan fingerprint density at radius 3 is 2.31 bits per heavy atom. The highest BCUT2D eigenvalue weighted by Gasteiger charge is 2.20. The zero-order valence-corrected chi connectivity index (χ0v) is 8.35. The molecule has 0 atom stereocenters. The van der Waals surface area contributed by atoms with Gasteiger partial charge in [-0.3, -0.25) is 0 Å². The van der Waals surface area contributed by atoms with E-state index < -0.39 is 6.09 Å². The first kappa shape index (κ1) is 12.5. The largest absolute Gasteiger partial charge is 0.465 e. The van der Waals surface area contributed by atoms with Crippen LogP contribution in [0.15, 0.2) is 0 Å². The number of nitrogens with two attached hydrogens (primary N) is 1. The molecule has 4 N–H and O–H groups in total. The van der Waals surface area contributed by atoms with E-state index in [1.807, 2.05) is 0 Å². The van der Waals surface area contributed by atoms with Crippen molar-refractivity contribution in [3.63, 3.8) is 0 Å². The number of halogens is 1. The zero-order chi connectivity index (χ0) is 8.97. The minimum atomic E-state index is -0.911. The van der Waals surface area contributed by atoms with Crippen molar-refractivity contribution in [2.45, 2.75) is 31.7 Å². The second-order valence-electron chi connectivity index (χ2n) is 3.40. The van der Waals surface area contributed by atoms with Crippen molar-refractivity contribution in [2.75, 3.05) is 6.54 Å². The molecule has 0 aromatic heterocycles. The van der Waals surface area contributed by atoms with Gasteiger partial charge in [0.05, 0.1) is 0 Å². The monoisotopic (exact) mass is 208 g/mol. The van der Waals surface area contributed by atoms with Gasteiger partial charge in [0.1, 0.15) is 0 Å². The first-order valence-corrected chi connectivity index (χ1v) is 4.42. The molecular formula is C8H17ClN2O2. The smallest absolute Gasteiger partial charge is 0.404 e. The summed E-state index contributed by atoms with van der Waals surface area (Å²) in [5, 5.41) is 11.0. The van der Waals surface area contributed by atoms with E-state index in [2.05, 4.69) is 5.32 Å². The summed E-state index contributed by atoms with van der Waals surface area (Å²) in [6.07, 6.45) is 3.08. The van der Waals surface area contributed by atoms with E-state index >= 15 is 0 Å². The van der Waals surface area contributed by atoms with Crippen LogP contribution in [0.4, 0.5) is 4.79 Å². The summed E-state index contributed by atoms with van der Waals surface area (Å²) in [5.74, 6) is 0.608. The van der Waals surface area contributed by atoms with Crippen molar-refractivity contribution >= 4 is 18.5 Å². The first-order chi connectivity index (χ1) is 5.72. The summed E-state index contributed by atoms with van der Waals surface area (Å²) in [7, 11) is 0. The number of nitrogens with one attached hydrogen (secondary N) is 1. The minimum absolute atomic E-state index is 0. The Hall–Kier alpha value is -0.480. The second kappa shape index (κ2) is 6.05. The molecule has 0 saturated heterocycles. The molecule has 0 spiro atoms. The highest BCUT2D eigenvalue weighted by molar-refractivity contribution is 5.85. The molecule has 1 saturated carbocycles. The Balaban J connectivity index is 0.00000144. The lowest BCUT2D eigenvalue weighted by Crippen LogP contribution is -2.37. The van der Waals surface area contributed by atoms with Crippen LogP contribution < -0.4 is 11.1 Å². The number of carbonyl (C=O) groups is 1. The lowest BCUT2D eigenvalue weighted by atomic mass is 9.86. The molecule has 1 fully saturated rings. The van der Waals surface area contributed by atoms with Crippen molar-refractivity contribution in [3.8, 4) is 0 Å². The third-order valence-corrected chi connectivity index (χ3v) is 2.51. The fourth-order valence-corrected chi connectivity index (χ4v) is 1.72. The Labute approximate surface area is 84.3 Å². The topological polar surface area (TPSA) is 75.3 Å². The van der Waals surface area contributed by atoms with E-state index in [1.165, 1.54) is 0 Å². The molecule has 0 heterocycles. The van der Waals surface area contributed by atoms with E-state index in [1.54, 1.807) is 0 Å². The maximum Gasteiger partial charge on any atom is 0.404 e. The summed E-state index contributed by atoms with van der Waals surface area (Å²) >= 11 is 0.